The minimum absolute atomic E-state index is 0.0535. The van der Waals surface area contributed by atoms with Gasteiger partial charge in [0, 0.05) is 11.8 Å². The summed E-state index contributed by atoms with van der Waals surface area (Å²) >= 11 is 3.06. The molecule has 0 aliphatic rings. The second-order valence-corrected chi connectivity index (χ2v) is 5.23. The molecule has 0 aliphatic heterocycles. The average Bonchev–Trinajstić information content (AvgIpc) is 2.98. The number of hydrogen-bond acceptors (Lipinski definition) is 4. The molecule has 0 N–H and O–H groups in total. The molecular formula is C12H7NOS2. The van der Waals surface area contributed by atoms with Crippen LogP contribution in [0.4, 0.5) is 0 Å². The fourth-order valence-electron chi connectivity index (χ4n) is 1.52. The van der Waals surface area contributed by atoms with Crippen LogP contribution in [0.1, 0.15) is 15.2 Å². The molecule has 0 aromatic carbocycles. The predicted molar refractivity (Wildman–Crippen MR) is 67.4 cm³/mol. The highest BCUT2D eigenvalue weighted by atomic mass is 32.1. The Morgan fingerprint density at radius 1 is 1.19 bits per heavy atom. The first kappa shape index (κ1) is 9.69. The maximum atomic E-state index is 12.0. The maximum Gasteiger partial charge on any atom is 0.204 e. The summed E-state index contributed by atoms with van der Waals surface area (Å²) in [6.45, 7) is 0. The van der Waals surface area contributed by atoms with E-state index in [1.165, 1.54) is 11.3 Å². The van der Waals surface area contributed by atoms with E-state index < -0.39 is 0 Å². The monoisotopic (exact) mass is 245 g/mol. The molecule has 0 saturated heterocycles. The first-order chi connectivity index (χ1) is 7.84. The summed E-state index contributed by atoms with van der Waals surface area (Å²) in [7, 11) is 0. The van der Waals surface area contributed by atoms with Gasteiger partial charge in [-0.2, -0.15) is 0 Å². The van der Waals surface area contributed by atoms with Gasteiger partial charge in [0.05, 0.1) is 15.1 Å². The van der Waals surface area contributed by atoms with Gasteiger partial charge in [-0.05, 0) is 29.0 Å². The van der Waals surface area contributed by atoms with Crippen molar-refractivity contribution in [2.24, 2.45) is 0 Å². The van der Waals surface area contributed by atoms with Crippen molar-refractivity contribution in [1.29, 1.82) is 0 Å². The van der Waals surface area contributed by atoms with Crippen LogP contribution in [-0.4, -0.2) is 10.8 Å². The zero-order valence-electron chi connectivity index (χ0n) is 8.21. The number of ketones is 1. The van der Waals surface area contributed by atoms with E-state index in [2.05, 4.69) is 4.98 Å². The Morgan fingerprint density at radius 2 is 2.12 bits per heavy atom. The molecule has 0 fully saturated rings. The zero-order valence-corrected chi connectivity index (χ0v) is 9.85. The molecule has 0 saturated carbocycles. The van der Waals surface area contributed by atoms with Gasteiger partial charge >= 0.3 is 0 Å². The van der Waals surface area contributed by atoms with E-state index in [-0.39, 0.29) is 5.78 Å². The average molecular weight is 245 g/mol. The number of thiophene rings is 2. The van der Waals surface area contributed by atoms with Crippen LogP contribution in [0, 0.1) is 0 Å². The van der Waals surface area contributed by atoms with Gasteiger partial charge in [0.25, 0.3) is 0 Å². The van der Waals surface area contributed by atoms with Crippen molar-refractivity contribution in [2.75, 3.05) is 0 Å². The Balaban J connectivity index is 2.09. The fraction of sp³-hybridized carbons (Fsp3) is 0. The molecule has 16 heavy (non-hydrogen) atoms. The molecule has 3 aromatic heterocycles. The number of aromatic nitrogens is 1. The van der Waals surface area contributed by atoms with Crippen LogP contribution >= 0.6 is 22.7 Å². The summed E-state index contributed by atoms with van der Waals surface area (Å²) in [6, 6.07) is 7.59. The lowest BCUT2D eigenvalue weighted by Gasteiger charge is -1.97. The van der Waals surface area contributed by atoms with E-state index in [0.29, 0.717) is 5.56 Å². The number of carbonyl (C=O) groups is 1. The number of fused-ring (bicyclic) bond motifs is 1. The van der Waals surface area contributed by atoms with Crippen molar-refractivity contribution in [2.45, 2.75) is 0 Å². The molecule has 3 aromatic rings. The van der Waals surface area contributed by atoms with Crippen molar-refractivity contribution in [3.05, 3.63) is 51.7 Å². The van der Waals surface area contributed by atoms with Crippen molar-refractivity contribution >= 4 is 38.7 Å². The van der Waals surface area contributed by atoms with Crippen LogP contribution in [-0.2, 0) is 0 Å². The van der Waals surface area contributed by atoms with Gasteiger partial charge in [-0.15, -0.1) is 22.7 Å². The Labute approximate surface area is 100 Å². The van der Waals surface area contributed by atoms with Crippen molar-refractivity contribution < 1.29 is 4.79 Å². The minimum Gasteiger partial charge on any atom is -0.288 e. The molecular weight excluding hydrogens is 238 g/mol. The Kier molecular flexibility index (Phi) is 2.31. The smallest absolute Gasteiger partial charge is 0.204 e. The first-order valence-corrected chi connectivity index (χ1v) is 6.52. The quantitative estimate of drug-likeness (QED) is 0.646. The van der Waals surface area contributed by atoms with Crippen molar-refractivity contribution in [3.8, 4) is 0 Å². The third kappa shape index (κ3) is 1.56. The number of hydrogen-bond donors (Lipinski definition) is 0. The molecule has 3 heterocycles. The van der Waals surface area contributed by atoms with Gasteiger partial charge in [-0.1, -0.05) is 6.07 Å². The number of carbonyl (C=O) groups excluding carboxylic acids is 1. The van der Waals surface area contributed by atoms with Gasteiger partial charge < -0.3 is 0 Å². The second-order valence-electron chi connectivity index (χ2n) is 3.33. The summed E-state index contributed by atoms with van der Waals surface area (Å²) in [4.78, 5) is 17.1. The minimum atomic E-state index is 0.0535. The van der Waals surface area contributed by atoms with Gasteiger partial charge in [-0.3, -0.25) is 9.78 Å². The predicted octanol–water partition coefficient (Wildman–Crippen LogP) is 3.59. The lowest BCUT2D eigenvalue weighted by atomic mass is 10.1. The Morgan fingerprint density at radius 3 is 2.94 bits per heavy atom. The van der Waals surface area contributed by atoms with E-state index in [1.807, 2.05) is 35.0 Å². The fourth-order valence-corrected chi connectivity index (χ4v) is 2.99. The summed E-state index contributed by atoms with van der Waals surface area (Å²) in [6.07, 6.45) is 1.65. The molecule has 0 amide bonds. The summed E-state index contributed by atoms with van der Waals surface area (Å²) in [5.41, 5.74) is 1.62. The van der Waals surface area contributed by atoms with E-state index in [1.54, 1.807) is 17.5 Å². The third-order valence-corrected chi connectivity index (χ3v) is 4.03. The third-order valence-electron chi connectivity index (χ3n) is 2.31. The molecule has 0 spiro atoms. The molecule has 0 aliphatic carbocycles. The molecule has 2 nitrogen and oxygen atoms in total. The number of rotatable bonds is 2. The molecule has 78 valence electrons. The molecule has 4 heteroatoms. The lowest BCUT2D eigenvalue weighted by Crippen LogP contribution is -1.98. The molecule has 0 bridgehead atoms. The van der Waals surface area contributed by atoms with Crippen LogP contribution in [0.15, 0.2) is 41.2 Å². The second kappa shape index (κ2) is 3.81. The van der Waals surface area contributed by atoms with Gasteiger partial charge in [-0.25, -0.2) is 0 Å². The van der Waals surface area contributed by atoms with E-state index in [0.717, 1.165) is 15.1 Å². The highest BCUT2D eigenvalue weighted by Crippen LogP contribution is 2.22. The van der Waals surface area contributed by atoms with Crippen molar-refractivity contribution in [1.82, 2.24) is 4.98 Å². The topological polar surface area (TPSA) is 30.0 Å². The van der Waals surface area contributed by atoms with Gasteiger partial charge in [0.1, 0.15) is 0 Å². The molecule has 0 unspecified atom stereocenters. The summed E-state index contributed by atoms with van der Waals surface area (Å²) in [5.74, 6) is 0.0535. The standard InChI is InChI=1S/C12H7NOS2/c14-12(10-2-1-4-15-10)8-6-11-9(13-7-8)3-5-16-11/h1-7H. The zero-order chi connectivity index (χ0) is 11.0. The van der Waals surface area contributed by atoms with Gasteiger partial charge in [0.15, 0.2) is 0 Å². The van der Waals surface area contributed by atoms with E-state index in [4.69, 9.17) is 0 Å². The number of nitrogens with zero attached hydrogens (tertiary/aromatic N) is 1. The SMILES string of the molecule is O=C(c1cnc2ccsc2c1)c1cccs1. The Bertz CT molecular complexity index is 640. The first-order valence-electron chi connectivity index (χ1n) is 4.76. The van der Waals surface area contributed by atoms with Crippen LogP contribution < -0.4 is 0 Å². The highest BCUT2D eigenvalue weighted by molar-refractivity contribution is 7.17. The maximum absolute atomic E-state index is 12.0. The van der Waals surface area contributed by atoms with Crippen LogP contribution in [0.2, 0.25) is 0 Å². The molecule has 3 rings (SSSR count). The van der Waals surface area contributed by atoms with E-state index >= 15 is 0 Å². The Hall–Kier alpha value is -1.52. The lowest BCUT2D eigenvalue weighted by molar-refractivity contribution is 0.104. The highest BCUT2D eigenvalue weighted by Gasteiger charge is 2.11. The summed E-state index contributed by atoms with van der Waals surface area (Å²) < 4.78 is 1.06. The molecule has 0 radical (unpaired) electrons. The molecule has 0 atom stereocenters. The van der Waals surface area contributed by atoms with Gasteiger partial charge in [0.2, 0.25) is 5.78 Å². The summed E-state index contributed by atoms with van der Waals surface area (Å²) in [5, 5.41) is 3.89. The normalized spacial score (nSPS) is 10.8. The van der Waals surface area contributed by atoms with Crippen molar-refractivity contribution in [3.63, 3.8) is 0 Å². The van der Waals surface area contributed by atoms with Crippen LogP contribution in [0.3, 0.4) is 0 Å². The van der Waals surface area contributed by atoms with Crippen LogP contribution in [0.25, 0.3) is 10.2 Å². The largest absolute Gasteiger partial charge is 0.288 e. The van der Waals surface area contributed by atoms with Crippen LogP contribution in [0.5, 0.6) is 0 Å². The number of pyridine rings is 1. The van der Waals surface area contributed by atoms with E-state index in [9.17, 15) is 4.79 Å².